The average molecular weight is 334 g/mol. The van der Waals surface area contributed by atoms with Crippen LogP contribution in [0, 0.1) is 17.6 Å². The van der Waals surface area contributed by atoms with E-state index < -0.39 is 23.1 Å². The predicted octanol–water partition coefficient (Wildman–Crippen LogP) is 2.62. The zero-order chi connectivity index (χ0) is 14.0. The van der Waals surface area contributed by atoms with E-state index in [9.17, 15) is 18.7 Å². The summed E-state index contributed by atoms with van der Waals surface area (Å²) in [7, 11) is 0. The molecule has 0 saturated heterocycles. The van der Waals surface area contributed by atoms with Gasteiger partial charge in [0.15, 0.2) is 0 Å². The summed E-state index contributed by atoms with van der Waals surface area (Å²) in [4.78, 5) is 11.8. The number of nitrogens with one attached hydrogen (secondary N) is 1. The SMILES string of the molecule is O=C(NCC1CCC(O)C1)c1c(F)cc(Br)cc1F. The molecule has 19 heavy (non-hydrogen) atoms. The highest BCUT2D eigenvalue weighted by molar-refractivity contribution is 9.10. The number of carbonyl (C=O) groups excluding carboxylic acids is 1. The zero-order valence-corrected chi connectivity index (χ0v) is 11.7. The normalized spacial score (nSPS) is 22.5. The summed E-state index contributed by atoms with van der Waals surface area (Å²) >= 11 is 2.96. The van der Waals surface area contributed by atoms with Crippen LogP contribution >= 0.6 is 15.9 Å². The van der Waals surface area contributed by atoms with E-state index in [4.69, 9.17) is 0 Å². The minimum atomic E-state index is -0.893. The van der Waals surface area contributed by atoms with Crippen molar-refractivity contribution in [1.29, 1.82) is 0 Å². The van der Waals surface area contributed by atoms with Crippen molar-refractivity contribution in [2.75, 3.05) is 6.54 Å². The van der Waals surface area contributed by atoms with E-state index in [-0.39, 0.29) is 16.5 Å². The first kappa shape index (κ1) is 14.4. The number of aliphatic hydroxyl groups is 1. The Balaban J connectivity index is 2.00. The summed E-state index contributed by atoms with van der Waals surface area (Å²) < 4.78 is 27.4. The van der Waals surface area contributed by atoms with Crippen molar-refractivity contribution in [2.24, 2.45) is 5.92 Å². The fraction of sp³-hybridized carbons (Fsp3) is 0.462. The van der Waals surface area contributed by atoms with Gasteiger partial charge in [-0.25, -0.2) is 8.78 Å². The maximum Gasteiger partial charge on any atom is 0.257 e. The molecule has 1 aromatic rings. The molecule has 0 radical (unpaired) electrons. The summed E-state index contributed by atoms with van der Waals surface area (Å²) in [5.74, 6) is -2.38. The molecular weight excluding hydrogens is 320 g/mol. The summed E-state index contributed by atoms with van der Waals surface area (Å²) in [5, 5.41) is 11.9. The first-order valence-corrected chi connectivity index (χ1v) is 6.87. The molecule has 6 heteroatoms. The molecule has 3 nitrogen and oxygen atoms in total. The molecule has 1 aromatic carbocycles. The van der Waals surface area contributed by atoms with Crippen molar-refractivity contribution in [1.82, 2.24) is 5.32 Å². The Labute approximate surface area is 118 Å². The maximum atomic E-state index is 13.6. The van der Waals surface area contributed by atoms with Gasteiger partial charge in [-0.15, -0.1) is 0 Å². The van der Waals surface area contributed by atoms with E-state index in [0.717, 1.165) is 18.6 Å². The largest absolute Gasteiger partial charge is 0.393 e. The Morgan fingerprint density at radius 2 is 2.00 bits per heavy atom. The van der Waals surface area contributed by atoms with Gasteiger partial charge in [-0.3, -0.25) is 4.79 Å². The molecule has 0 bridgehead atoms. The molecule has 1 saturated carbocycles. The van der Waals surface area contributed by atoms with Crippen LogP contribution in [0.3, 0.4) is 0 Å². The molecule has 0 spiro atoms. The third kappa shape index (κ3) is 3.51. The predicted molar refractivity (Wildman–Crippen MR) is 69.7 cm³/mol. The molecule has 1 aliphatic rings. The van der Waals surface area contributed by atoms with Gasteiger partial charge in [0.2, 0.25) is 0 Å². The van der Waals surface area contributed by atoms with Gasteiger partial charge in [0.1, 0.15) is 17.2 Å². The highest BCUT2D eigenvalue weighted by Gasteiger charge is 2.24. The van der Waals surface area contributed by atoms with Gasteiger partial charge in [-0.1, -0.05) is 15.9 Å². The number of hydrogen-bond acceptors (Lipinski definition) is 2. The van der Waals surface area contributed by atoms with Crippen LogP contribution in [0.25, 0.3) is 0 Å². The van der Waals surface area contributed by atoms with Crippen molar-refractivity contribution in [3.63, 3.8) is 0 Å². The van der Waals surface area contributed by atoms with Crippen molar-refractivity contribution in [3.05, 3.63) is 33.8 Å². The Morgan fingerprint density at radius 1 is 1.37 bits per heavy atom. The van der Waals surface area contributed by atoms with Gasteiger partial charge >= 0.3 is 0 Å². The quantitative estimate of drug-likeness (QED) is 0.893. The maximum absolute atomic E-state index is 13.6. The van der Waals surface area contributed by atoms with Gasteiger partial charge in [-0.05, 0) is 37.3 Å². The summed E-state index contributed by atoms with van der Waals surface area (Å²) in [6.07, 6.45) is 1.81. The second-order valence-electron chi connectivity index (χ2n) is 4.79. The van der Waals surface area contributed by atoms with E-state index >= 15 is 0 Å². The lowest BCUT2D eigenvalue weighted by Crippen LogP contribution is -2.30. The van der Waals surface area contributed by atoms with Crippen molar-refractivity contribution in [3.8, 4) is 0 Å². The third-order valence-electron chi connectivity index (χ3n) is 3.30. The number of rotatable bonds is 3. The number of benzene rings is 1. The fourth-order valence-electron chi connectivity index (χ4n) is 2.32. The molecule has 2 atom stereocenters. The molecule has 0 heterocycles. The number of halogens is 3. The number of carbonyl (C=O) groups is 1. The van der Waals surface area contributed by atoms with Crippen LogP contribution in [0.2, 0.25) is 0 Å². The van der Waals surface area contributed by atoms with Gasteiger partial charge < -0.3 is 10.4 Å². The Morgan fingerprint density at radius 3 is 2.53 bits per heavy atom. The Hall–Kier alpha value is -1.01. The minimum absolute atomic E-state index is 0.167. The van der Waals surface area contributed by atoms with Crippen LogP contribution < -0.4 is 5.32 Å². The van der Waals surface area contributed by atoms with E-state index in [1.165, 1.54) is 0 Å². The van der Waals surface area contributed by atoms with Crippen molar-refractivity contribution >= 4 is 21.8 Å². The Bertz CT molecular complexity index is 473. The lowest BCUT2D eigenvalue weighted by atomic mass is 10.1. The molecule has 104 valence electrons. The highest BCUT2D eigenvalue weighted by Crippen LogP contribution is 2.25. The van der Waals surface area contributed by atoms with Gasteiger partial charge in [0.25, 0.3) is 5.91 Å². The lowest BCUT2D eigenvalue weighted by Gasteiger charge is -2.12. The number of hydrogen-bond donors (Lipinski definition) is 2. The molecule has 0 aliphatic heterocycles. The smallest absolute Gasteiger partial charge is 0.257 e. The molecule has 2 rings (SSSR count). The van der Waals surface area contributed by atoms with E-state index in [2.05, 4.69) is 21.2 Å². The zero-order valence-electron chi connectivity index (χ0n) is 10.1. The fourth-order valence-corrected chi connectivity index (χ4v) is 2.72. The first-order chi connectivity index (χ1) is 8.97. The molecule has 2 N–H and O–H groups in total. The van der Waals surface area contributed by atoms with Crippen LogP contribution in [0.4, 0.5) is 8.78 Å². The van der Waals surface area contributed by atoms with Crippen LogP contribution in [-0.2, 0) is 0 Å². The highest BCUT2D eigenvalue weighted by atomic mass is 79.9. The Kier molecular flexibility index (Phi) is 4.52. The number of aliphatic hydroxyl groups excluding tert-OH is 1. The molecule has 1 fully saturated rings. The molecule has 1 aliphatic carbocycles. The lowest BCUT2D eigenvalue weighted by molar-refractivity contribution is 0.0936. The summed E-state index contributed by atoms with van der Waals surface area (Å²) in [6.45, 7) is 0.324. The molecule has 0 aromatic heterocycles. The van der Waals surface area contributed by atoms with Gasteiger partial charge in [-0.2, -0.15) is 0 Å². The van der Waals surface area contributed by atoms with Gasteiger partial charge in [0.05, 0.1) is 6.10 Å². The van der Waals surface area contributed by atoms with Crippen molar-refractivity contribution in [2.45, 2.75) is 25.4 Å². The standard InChI is InChI=1S/C13H14BrF2NO2/c14-8-4-10(15)12(11(16)5-8)13(19)17-6-7-1-2-9(18)3-7/h4-5,7,9,18H,1-3,6H2,(H,17,19). The van der Waals surface area contributed by atoms with Crippen LogP contribution in [0.5, 0.6) is 0 Å². The summed E-state index contributed by atoms with van der Waals surface area (Å²) in [5.41, 5.74) is -0.568. The van der Waals surface area contributed by atoms with Gasteiger partial charge in [0, 0.05) is 11.0 Å². The molecule has 2 unspecified atom stereocenters. The average Bonchev–Trinajstić information content (AvgIpc) is 2.71. The topological polar surface area (TPSA) is 49.3 Å². The van der Waals surface area contributed by atoms with Crippen LogP contribution in [0.15, 0.2) is 16.6 Å². The van der Waals surface area contributed by atoms with E-state index in [0.29, 0.717) is 19.4 Å². The molecular formula is C13H14BrF2NO2. The van der Waals surface area contributed by atoms with E-state index in [1.54, 1.807) is 0 Å². The monoisotopic (exact) mass is 333 g/mol. The molecule has 1 amide bonds. The van der Waals surface area contributed by atoms with Crippen molar-refractivity contribution < 1.29 is 18.7 Å². The second-order valence-corrected chi connectivity index (χ2v) is 5.70. The number of amides is 1. The third-order valence-corrected chi connectivity index (χ3v) is 3.76. The van der Waals surface area contributed by atoms with Crippen LogP contribution in [0.1, 0.15) is 29.6 Å². The van der Waals surface area contributed by atoms with Crippen LogP contribution in [-0.4, -0.2) is 23.7 Å². The van der Waals surface area contributed by atoms with E-state index in [1.807, 2.05) is 0 Å². The minimum Gasteiger partial charge on any atom is -0.393 e. The first-order valence-electron chi connectivity index (χ1n) is 6.08. The second kappa shape index (κ2) is 5.96. The summed E-state index contributed by atoms with van der Waals surface area (Å²) in [6, 6.07) is 2.11.